The molecule has 1 aliphatic heterocycles. The van der Waals surface area contributed by atoms with Gasteiger partial charge in [-0.3, -0.25) is 4.21 Å². The van der Waals surface area contributed by atoms with Gasteiger partial charge in [-0.2, -0.15) is 5.10 Å². The van der Waals surface area contributed by atoms with Crippen LogP contribution in [-0.2, 0) is 9.73 Å². The van der Waals surface area contributed by atoms with E-state index < -0.39 is 16.2 Å². The second kappa shape index (κ2) is 7.62. The lowest BCUT2D eigenvalue weighted by atomic mass is 10.1. The van der Waals surface area contributed by atoms with Gasteiger partial charge in [-0.1, -0.05) is 0 Å². The van der Waals surface area contributed by atoms with Crippen molar-refractivity contribution < 1.29 is 13.0 Å². The summed E-state index contributed by atoms with van der Waals surface area (Å²) in [6.45, 7) is 1.42. The number of hydrogen-bond donors (Lipinski definition) is 0. The van der Waals surface area contributed by atoms with Gasteiger partial charge in [0.15, 0.2) is 5.65 Å². The third-order valence-electron chi connectivity index (χ3n) is 4.65. The summed E-state index contributed by atoms with van der Waals surface area (Å²) in [6.07, 6.45) is 5.40. The summed E-state index contributed by atoms with van der Waals surface area (Å²) in [5, 5.41) is 3.99. The lowest BCUT2D eigenvalue weighted by molar-refractivity contribution is 0.144. The van der Waals surface area contributed by atoms with Crippen molar-refractivity contribution in [1.82, 2.24) is 24.6 Å². The maximum atomic E-state index is 13.0. The Labute approximate surface area is 167 Å². The number of halogens is 2. The molecule has 1 aliphatic rings. The van der Waals surface area contributed by atoms with E-state index in [2.05, 4.69) is 29.3 Å². The fourth-order valence-corrected chi connectivity index (χ4v) is 4.34. The normalized spacial score (nSPS) is 17.8. The predicted octanol–water partition coefficient (Wildman–Crippen LogP) is 2.82. The van der Waals surface area contributed by atoms with Gasteiger partial charge in [-0.15, -0.1) is 0 Å². The summed E-state index contributed by atoms with van der Waals surface area (Å²) in [4.78, 5) is 14.9. The van der Waals surface area contributed by atoms with E-state index in [-0.39, 0.29) is 11.7 Å². The molecule has 8 nitrogen and oxygen atoms in total. The number of rotatable bonds is 4. The largest absolute Gasteiger partial charge is 0.354 e. The average Bonchev–Trinajstić information content (AvgIpc) is 3.10. The third kappa shape index (κ3) is 4.34. The molecule has 0 radical (unpaired) electrons. The highest BCUT2D eigenvalue weighted by Crippen LogP contribution is 2.25. The molecule has 1 fully saturated rings. The second-order valence-corrected chi connectivity index (χ2v) is 9.84. The molecule has 0 N–H and O–H groups in total. The van der Waals surface area contributed by atoms with Gasteiger partial charge < -0.3 is 4.90 Å². The Balaban J connectivity index is 1.67. The van der Waals surface area contributed by atoms with Crippen LogP contribution in [0.15, 0.2) is 35.1 Å². The van der Waals surface area contributed by atoms with Crippen molar-refractivity contribution in [3.63, 3.8) is 0 Å². The van der Waals surface area contributed by atoms with Gasteiger partial charge in [-0.25, -0.2) is 32.6 Å². The molecule has 0 aliphatic carbocycles. The molecule has 11 heteroatoms. The molecule has 1 saturated heterocycles. The Hall–Kier alpha value is -2.69. The first-order valence-corrected chi connectivity index (χ1v) is 11.5. The molecule has 4 rings (SSSR count). The highest BCUT2D eigenvalue weighted by atomic mass is 32.2. The first-order chi connectivity index (χ1) is 13.8. The molecule has 1 atom stereocenters. The van der Waals surface area contributed by atoms with Crippen molar-refractivity contribution >= 4 is 21.2 Å². The molecule has 3 aromatic heterocycles. The third-order valence-corrected chi connectivity index (χ3v) is 5.45. The Morgan fingerprint density at radius 3 is 2.83 bits per heavy atom. The minimum atomic E-state index is -2.67. The van der Waals surface area contributed by atoms with Crippen LogP contribution in [0.3, 0.4) is 0 Å². The fraction of sp³-hybridized carbons (Fsp3) is 0.444. The van der Waals surface area contributed by atoms with Crippen LogP contribution in [0.1, 0.15) is 25.0 Å². The van der Waals surface area contributed by atoms with Gasteiger partial charge in [0.25, 0.3) is 6.43 Å². The monoisotopic (exact) mass is 421 g/mol. The van der Waals surface area contributed by atoms with Gasteiger partial charge in [-0.05, 0) is 25.0 Å². The van der Waals surface area contributed by atoms with Crippen LogP contribution in [0, 0.1) is 0 Å². The quantitative estimate of drug-likeness (QED) is 0.644. The Morgan fingerprint density at radius 2 is 2.07 bits per heavy atom. The number of fused-ring (bicyclic) bond motifs is 1. The summed E-state index contributed by atoms with van der Waals surface area (Å²) in [5.41, 5.74) is 1.18. The predicted molar refractivity (Wildman–Crippen MR) is 107 cm³/mol. The zero-order valence-electron chi connectivity index (χ0n) is 16.1. The van der Waals surface area contributed by atoms with Gasteiger partial charge in [0.1, 0.15) is 23.5 Å². The van der Waals surface area contributed by atoms with Crippen LogP contribution in [0.4, 0.5) is 14.6 Å². The fourth-order valence-electron chi connectivity index (χ4n) is 3.45. The van der Waals surface area contributed by atoms with Crippen LogP contribution in [-0.4, -0.2) is 60.4 Å². The van der Waals surface area contributed by atoms with E-state index in [9.17, 15) is 13.0 Å². The Morgan fingerprint density at radius 1 is 1.24 bits per heavy atom. The summed E-state index contributed by atoms with van der Waals surface area (Å²) in [6, 6.07) is 4.54. The van der Waals surface area contributed by atoms with Crippen molar-refractivity contribution in [3.8, 4) is 11.4 Å². The van der Waals surface area contributed by atoms with Gasteiger partial charge in [0.2, 0.25) is 0 Å². The second-order valence-electron chi connectivity index (χ2n) is 7.26. The van der Waals surface area contributed by atoms with Crippen molar-refractivity contribution in [2.45, 2.75) is 25.3 Å². The topological polar surface area (TPSA) is 88.6 Å². The minimum absolute atomic E-state index is 0.0178. The van der Waals surface area contributed by atoms with Gasteiger partial charge in [0.05, 0.1) is 17.9 Å². The number of nitrogens with zero attached hydrogens (tertiary/aromatic N) is 7. The molecule has 29 heavy (non-hydrogen) atoms. The Bertz CT molecular complexity index is 1150. The number of piperidine rings is 1. The number of imidazole rings is 1. The summed E-state index contributed by atoms with van der Waals surface area (Å²) < 4.78 is 43.9. The lowest BCUT2D eigenvalue weighted by Gasteiger charge is -2.31. The zero-order chi connectivity index (χ0) is 20.6. The van der Waals surface area contributed by atoms with E-state index in [1.165, 1.54) is 23.0 Å². The molecular formula is C18H21F2N7OS. The Kier molecular flexibility index (Phi) is 5.15. The molecule has 3 aromatic rings. The van der Waals surface area contributed by atoms with E-state index in [0.717, 1.165) is 19.4 Å². The van der Waals surface area contributed by atoms with Gasteiger partial charge in [0, 0.05) is 41.4 Å². The van der Waals surface area contributed by atoms with Crippen molar-refractivity contribution in [2.24, 2.45) is 4.36 Å². The number of hydrogen-bond acceptors (Lipinski definition) is 7. The van der Waals surface area contributed by atoms with Crippen molar-refractivity contribution in [1.29, 1.82) is 0 Å². The molecule has 0 unspecified atom stereocenters. The number of anilines is 1. The van der Waals surface area contributed by atoms with E-state index in [0.29, 0.717) is 29.4 Å². The first-order valence-electron chi connectivity index (χ1n) is 9.16. The molecule has 154 valence electrons. The van der Waals surface area contributed by atoms with Crippen molar-refractivity contribution in [3.05, 3.63) is 36.4 Å². The SMILES string of the molecule is CS(C)(=O)=N[C@H]1CCCN(c2cc(-c3cnc4ccc(C(F)F)nn34)ncn2)C1. The lowest BCUT2D eigenvalue weighted by Crippen LogP contribution is -2.38. The summed E-state index contributed by atoms with van der Waals surface area (Å²) >= 11 is 0. The standard InChI is InChI=1S/C18H21F2N7OS/c1-29(2,28)25-12-4-3-7-26(10-12)17-8-14(22-11-23-17)15-9-21-16-6-5-13(18(19)20)24-27(15)16/h5-6,8-9,11-12,18H,3-4,7,10H2,1-2H3/t12-/m0/s1. The molecule has 4 heterocycles. The molecule has 0 bridgehead atoms. The van der Waals surface area contributed by atoms with Crippen LogP contribution in [0.5, 0.6) is 0 Å². The average molecular weight is 421 g/mol. The van der Waals surface area contributed by atoms with Crippen LogP contribution >= 0.6 is 0 Å². The van der Waals surface area contributed by atoms with Gasteiger partial charge >= 0.3 is 0 Å². The van der Waals surface area contributed by atoms with E-state index >= 15 is 0 Å². The number of alkyl halides is 2. The molecule has 0 amide bonds. The molecule has 0 saturated carbocycles. The molecule has 0 spiro atoms. The maximum absolute atomic E-state index is 13.0. The maximum Gasteiger partial charge on any atom is 0.282 e. The van der Waals surface area contributed by atoms with E-state index in [1.807, 2.05) is 0 Å². The highest BCUT2D eigenvalue weighted by molar-refractivity contribution is 7.92. The van der Waals surface area contributed by atoms with Crippen molar-refractivity contribution in [2.75, 3.05) is 30.5 Å². The number of aromatic nitrogens is 5. The van der Waals surface area contributed by atoms with Crippen LogP contribution < -0.4 is 4.90 Å². The van der Waals surface area contributed by atoms with E-state index in [1.54, 1.807) is 24.8 Å². The molecule has 0 aromatic carbocycles. The smallest absolute Gasteiger partial charge is 0.282 e. The van der Waals surface area contributed by atoms with Crippen LogP contribution in [0.2, 0.25) is 0 Å². The van der Waals surface area contributed by atoms with E-state index in [4.69, 9.17) is 0 Å². The minimum Gasteiger partial charge on any atom is -0.354 e. The zero-order valence-corrected chi connectivity index (χ0v) is 16.9. The highest BCUT2D eigenvalue weighted by Gasteiger charge is 2.22. The summed E-state index contributed by atoms with van der Waals surface area (Å²) in [5.74, 6) is 0.702. The van der Waals surface area contributed by atoms with Crippen LogP contribution in [0.25, 0.3) is 17.0 Å². The first kappa shape index (κ1) is 19.6. The summed E-state index contributed by atoms with van der Waals surface area (Å²) in [7, 11) is -2.17. The molecular weight excluding hydrogens is 400 g/mol.